The third kappa shape index (κ3) is 5.94. The maximum absolute atomic E-state index is 13.8. The Morgan fingerprint density at radius 3 is 2.46 bits per heavy atom. The summed E-state index contributed by atoms with van der Waals surface area (Å²) in [6, 6.07) is 9.07. The van der Waals surface area contributed by atoms with Crippen molar-refractivity contribution in [3.05, 3.63) is 69.5 Å². The minimum atomic E-state index is -1.17. The van der Waals surface area contributed by atoms with E-state index in [1.54, 1.807) is 6.07 Å². The molecule has 9 heteroatoms. The van der Waals surface area contributed by atoms with E-state index in [0.717, 1.165) is 0 Å². The zero-order chi connectivity index (χ0) is 20.7. The molecule has 0 aliphatic rings. The molecule has 0 aromatic heterocycles. The average molecular weight is 427 g/mol. The lowest BCUT2D eigenvalue weighted by atomic mass is 10.0. The summed E-state index contributed by atoms with van der Waals surface area (Å²) in [5, 5.41) is 5.36. The molecule has 0 fully saturated rings. The minimum absolute atomic E-state index is 0.183. The van der Waals surface area contributed by atoms with Gasteiger partial charge in [0.1, 0.15) is 18.4 Å². The van der Waals surface area contributed by atoms with E-state index in [1.165, 1.54) is 43.5 Å². The van der Waals surface area contributed by atoms with Crippen molar-refractivity contribution in [3.8, 4) is 0 Å². The summed E-state index contributed by atoms with van der Waals surface area (Å²) in [5.74, 6) is -2.43. The smallest absolute Gasteiger partial charge is 0.325 e. The molecule has 0 radical (unpaired) electrons. The highest BCUT2D eigenvalue weighted by atomic mass is 35.5. The Balaban J connectivity index is 2.20. The fourth-order valence-corrected chi connectivity index (χ4v) is 2.66. The van der Waals surface area contributed by atoms with Gasteiger partial charge in [0.05, 0.1) is 23.6 Å². The zero-order valence-electron chi connectivity index (χ0n) is 14.8. The van der Waals surface area contributed by atoms with Crippen molar-refractivity contribution in [2.24, 2.45) is 0 Å². The number of hydrogen-bond donors (Lipinski definition) is 2. The van der Waals surface area contributed by atoms with Crippen LogP contribution < -0.4 is 10.6 Å². The number of ether oxygens (including phenoxy) is 1. The first kappa shape index (κ1) is 21.7. The first-order chi connectivity index (χ1) is 13.3. The molecule has 0 saturated heterocycles. The SMILES string of the molecule is COC(=O)CNC(=O)C(NC(=O)Cc1ccccc1F)c1ccc(Cl)c(Cl)c1. The molecule has 2 aromatic carbocycles. The van der Waals surface area contributed by atoms with Gasteiger partial charge in [-0.15, -0.1) is 0 Å². The number of nitrogens with one attached hydrogen (secondary N) is 2. The molecule has 28 heavy (non-hydrogen) atoms. The van der Waals surface area contributed by atoms with E-state index in [1.807, 2.05) is 0 Å². The summed E-state index contributed by atoms with van der Waals surface area (Å²) in [4.78, 5) is 36.2. The number of benzene rings is 2. The summed E-state index contributed by atoms with van der Waals surface area (Å²) in [5.41, 5.74) is 0.529. The van der Waals surface area contributed by atoms with Gasteiger partial charge in [-0.3, -0.25) is 14.4 Å². The Morgan fingerprint density at radius 2 is 1.82 bits per heavy atom. The zero-order valence-corrected chi connectivity index (χ0v) is 16.3. The van der Waals surface area contributed by atoms with E-state index in [-0.39, 0.29) is 28.6 Å². The summed E-state index contributed by atoms with van der Waals surface area (Å²) in [6.07, 6.45) is -0.269. The van der Waals surface area contributed by atoms with Gasteiger partial charge in [0, 0.05) is 0 Å². The van der Waals surface area contributed by atoms with Crippen LogP contribution in [0.1, 0.15) is 17.2 Å². The Labute approximate surface area is 171 Å². The maximum Gasteiger partial charge on any atom is 0.325 e. The van der Waals surface area contributed by atoms with Crippen LogP contribution in [-0.2, 0) is 25.5 Å². The fourth-order valence-electron chi connectivity index (χ4n) is 2.35. The minimum Gasteiger partial charge on any atom is -0.468 e. The molecule has 6 nitrogen and oxygen atoms in total. The molecule has 2 amide bonds. The van der Waals surface area contributed by atoms with Crippen molar-refractivity contribution in [2.45, 2.75) is 12.5 Å². The Bertz CT molecular complexity index is 892. The number of hydrogen-bond acceptors (Lipinski definition) is 4. The molecule has 0 bridgehead atoms. The predicted molar refractivity (Wildman–Crippen MR) is 102 cm³/mol. The second-order valence-corrected chi connectivity index (χ2v) is 6.55. The van der Waals surface area contributed by atoms with E-state index in [4.69, 9.17) is 23.2 Å². The van der Waals surface area contributed by atoms with Crippen molar-refractivity contribution in [1.82, 2.24) is 10.6 Å². The van der Waals surface area contributed by atoms with E-state index >= 15 is 0 Å². The lowest BCUT2D eigenvalue weighted by Gasteiger charge is -2.19. The first-order valence-corrected chi connectivity index (χ1v) is 8.89. The Kier molecular flexibility index (Phi) is 7.78. The van der Waals surface area contributed by atoms with Crippen molar-refractivity contribution >= 4 is 41.0 Å². The number of carbonyl (C=O) groups is 3. The van der Waals surface area contributed by atoms with E-state index in [2.05, 4.69) is 15.4 Å². The van der Waals surface area contributed by atoms with Gasteiger partial charge in [0.15, 0.2) is 0 Å². The average Bonchev–Trinajstić information content (AvgIpc) is 2.68. The topological polar surface area (TPSA) is 84.5 Å². The lowest BCUT2D eigenvalue weighted by molar-refractivity contribution is -0.141. The number of rotatable bonds is 7. The van der Waals surface area contributed by atoms with Crippen LogP contribution in [0.25, 0.3) is 0 Å². The van der Waals surface area contributed by atoms with Gasteiger partial charge < -0.3 is 15.4 Å². The van der Waals surface area contributed by atoms with Gasteiger partial charge >= 0.3 is 5.97 Å². The maximum atomic E-state index is 13.8. The van der Waals surface area contributed by atoms with Crippen LogP contribution in [0.15, 0.2) is 42.5 Å². The van der Waals surface area contributed by atoms with Crippen LogP contribution in [0.3, 0.4) is 0 Å². The third-order valence-corrected chi connectivity index (χ3v) is 4.53. The molecule has 1 unspecified atom stereocenters. The molecule has 2 rings (SSSR count). The van der Waals surface area contributed by atoms with Crippen LogP contribution in [0.5, 0.6) is 0 Å². The largest absolute Gasteiger partial charge is 0.468 e. The summed E-state index contributed by atoms with van der Waals surface area (Å²) < 4.78 is 18.2. The number of amides is 2. The third-order valence-electron chi connectivity index (χ3n) is 3.79. The van der Waals surface area contributed by atoms with Crippen molar-refractivity contribution < 1.29 is 23.5 Å². The summed E-state index contributed by atoms with van der Waals surface area (Å²) in [6.45, 7) is -0.379. The Morgan fingerprint density at radius 1 is 1.11 bits per heavy atom. The van der Waals surface area contributed by atoms with Gasteiger partial charge in [-0.05, 0) is 29.3 Å². The molecule has 1 atom stereocenters. The second-order valence-electron chi connectivity index (χ2n) is 5.74. The van der Waals surface area contributed by atoms with Crippen molar-refractivity contribution in [2.75, 3.05) is 13.7 Å². The molecule has 2 N–H and O–H groups in total. The van der Waals surface area contributed by atoms with Crippen molar-refractivity contribution in [1.29, 1.82) is 0 Å². The highest BCUT2D eigenvalue weighted by molar-refractivity contribution is 6.42. The van der Waals surface area contributed by atoms with Crippen molar-refractivity contribution in [3.63, 3.8) is 0 Å². The summed E-state index contributed by atoms with van der Waals surface area (Å²) >= 11 is 11.9. The number of methoxy groups -OCH3 is 1. The number of carbonyl (C=O) groups excluding carboxylic acids is 3. The molecule has 0 heterocycles. The van der Waals surface area contributed by atoms with Crippen LogP contribution in [0.4, 0.5) is 4.39 Å². The van der Waals surface area contributed by atoms with Crippen LogP contribution >= 0.6 is 23.2 Å². The molecule has 0 aliphatic carbocycles. The van der Waals surface area contributed by atoms with Crippen LogP contribution in [0.2, 0.25) is 10.0 Å². The molecule has 148 valence electrons. The van der Waals surface area contributed by atoms with Gasteiger partial charge in [-0.2, -0.15) is 0 Å². The standard InChI is InChI=1S/C19H17Cl2FN2O4/c1-28-17(26)10-23-19(27)18(12-6-7-13(20)14(21)8-12)24-16(25)9-11-4-2-3-5-15(11)22/h2-8,18H,9-10H2,1H3,(H,23,27)(H,24,25). The molecular formula is C19H17Cl2FN2O4. The Hall–Kier alpha value is -2.64. The molecule has 2 aromatic rings. The molecular weight excluding hydrogens is 410 g/mol. The predicted octanol–water partition coefficient (Wildman–Crippen LogP) is 2.82. The number of esters is 1. The van der Waals surface area contributed by atoms with Gasteiger partial charge in [-0.25, -0.2) is 4.39 Å². The van der Waals surface area contributed by atoms with E-state index in [9.17, 15) is 18.8 Å². The second kappa shape index (κ2) is 10.1. The monoisotopic (exact) mass is 426 g/mol. The molecule has 0 saturated carbocycles. The fraction of sp³-hybridized carbons (Fsp3) is 0.211. The van der Waals surface area contributed by atoms with Crippen LogP contribution in [-0.4, -0.2) is 31.4 Å². The number of halogens is 3. The normalized spacial score (nSPS) is 11.4. The highest BCUT2D eigenvalue weighted by Gasteiger charge is 2.24. The quantitative estimate of drug-likeness (QED) is 0.666. The highest BCUT2D eigenvalue weighted by Crippen LogP contribution is 2.26. The van der Waals surface area contributed by atoms with Crippen LogP contribution in [0, 0.1) is 5.82 Å². The molecule has 0 aliphatic heterocycles. The summed E-state index contributed by atoms with van der Waals surface area (Å²) in [7, 11) is 1.18. The first-order valence-electron chi connectivity index (χ1n) is 8.14. The van der Waals surface area contributed by atoms with E-state index < -0.39 is 29.6 Å². The van der Waals surface area contributed by atoms with E-state index in [0.29, 0.717) is 5.56 Å². The lowest BCUT2D eigenvalue weighted by Crippen LogP contribution is -2.42. The van der Waals surface area contributed by atoms with Gasteiger partial charge in [0.2, 0.25) is 11.8 Å². The van der Waals surface area contributed by atoms with Gasteiger partial charge in [0.25, 0.3) is 0 Å². The molecule has 0 spiro atoms. The van der Waals surface area contributed by atoms with Gasteiger partial charge in [-0.1, -0.05) is 47.5 Å².